The molecule has 7 nitrogen and oxygen atoms in total. The van der Waals surface area contributed by atoms with Crippen molar-refractivity contribution < 1.29 is 24.2 Å². The number of fused-ring (bicyclic) bond motifs is 1. The van der Waals surface area contributed by atoms with Gasteiger partial charge in [-0.15, -0.1) is 0 Å². The van der Waals surface area contributed by atoms with Gasteiger partial charge < -0.3 is 24.5 Å². The van der Waals surface area contributed by atoms with Crippen LogP contribution in [-0.2, 0) is 16.0 Å². The zero-order valence-electron chi connectivity index (χ0n) is 20.3. The number of methoxy groups -OCH3 is 2. The number of benzene rings is 3. The van der Waals surface area contributed by atoms with E-state index < -0.39 is 17.7 Å². The molecule has 0 spiro atoms. The van der Waals surface area contributed by atoms with E-state index in [1.807, 2.05) is 48.7 Å². The molecule has 1 aliphatic rings. The van der Waals surface area contributed by atoms with Gasteiger partial charge in [-0.25, -0.2) is 0 Å². The van der Waals surface area contributed by atoms with E-state index in [1.165, 1.54) is 12.0 Å². The number of likely N-dealkylation sites (tertiary alicyclic amines) is 1. The normalized spacial score (nSPS) is 16.9. The topological polar surface area (TPSA) is 91.9 Å². The summed E-state index contributed by atoms with van der Waals surface area (Å²) in [5, 5.41) is 12.3. The quantitative estimate of drug-likeness (QED) is 0.174. The number of nitrogens with one attached hydrogen (secondary N) is 1. The van der Waals surface area contributed by atoms with Gasteiger partial charge in [-0.1, -0.05) is 40.2 Å². The first-order chi connectivity index (χ1) is 17.9. The minimum absolute atomic E-state index is 0.0566. The van der Waals surface area contributed by atoms with Crippen LogP contribution >= 0.6 is 15.9 Å². The molecule has 1 amide bonds. The summed E-state index contributed by atoms with van der Waals surface area (Å²) in [5.74, 6) is -0.316. The number of carbonyl (C=O) groups is 2. The van der Waals surface area contributed by atoms with Crippen molar-refractivity contribution in [1.82, 2.24) is 9.88 Å². The van der Waals surface area contributed by atoms with E-state index in [0.29, 0.717) is 17.7 Å². The maximum atomic E-state index is 13.3. The zero-order chi connectivity index (χ0) is 26.1. The van der Waals surface area contributed by atoms with Gasteiger partial charge in [0.05, 0.1) is 25.8 Å². The number of ether oxygens (including phenoxy) is 2. The summed E-state index contributed by atoms with van der Waals surface area (Å²) >= 11 is 3.44. The summed E-state index contributed by atoms with van der Waals surface area (Å²) in [4.78, 5) is 31.4. The Labute approximate surface area is 222 Å². The summed E-state index contributed by atoms with van der Waals surface area (Å²) < 4.78 is 11.5. The summed E-state index contributed by atoms with van der Waals surface area (Å²) in [6, 6.07) is 19.2. The monoisotopic (exact) mass is 560 g/mol. The third-order valence-corrected chi connectivity index (χ3v) is 7.19. The lowest BCUT2D eigenvalue weighted by molar-refractivity contribution is -0.139. The Morgan fingerprint density at radius 2 is 1.73 bits per heavy atom. The van der Waals surface area contributed by atoms with Crippen LogP contribution in [0, 0.1) is 0 Å². The number of aromatic amines is 1. The first-order valence-electron chi connectivity index (χ1n) is 11.7. The Hall–Kier alpha value is -4.04. The number of carbonyl (C=O) groups excluding carboxylic acids is 2. The second-order valence-corrected chi connectivity index (χ2v) is 9.67. The van der Waals surface area contributed by atoms with Gasteiger partial charge in [0, 0.05) is 33.7 Å². The summed E-state index contributed by atoms with van der Waals surface area (Å²) in [6.07, 6.45) is 2.41. The number of aromatic nitrogens is 1. The molecule has 3 aromatic carbocycles. The fraction of sp³-hybridized carbons (Fsp3) is 0.172. The van der Waals surface area contributed by atoms with E-state index in [2.05, 4.69) is 20.9 Å². The first kappa shape index (κ1) is 24.6. The van der Waals surface area contributed by atoms with Crippen molar-refractivity contribution in [3.63, 3.8) is 0 Å². The average Bonchev–Trinajstić information content (AvgIpc) is 3.44. The van der Waals surface area contributed by atoms with Gasteiger partial charge in [-0.05, 0) is 60.0 Å². The molecule has 2 N–H and O–H groups in total. The summed E-state index contributed by atoms with van der Waals surface area (Å²) in [5.41, 5.74) is 3.15. The van der Waals surface area contributed by atoms with Crippen LogP contribution in [0.25, 0.3) is 16.7 Å². The fourth-order valence-electron chi connectivity index (χ4n) is 4.76. The Balaban J connectivity index is 1.56. The predicted octanol–water partition coefficient (Wildman–Crippen LogP) is 5.61. The number of hydrogen-bond acceptors (Lipinski definition) is 5. The van der Waals surface area contributed by atoms with E-state index in [-0.39, 0.29) is 17.9 Å². The van der Waals surface area contributed by atoms with Crippen molar-refractivity contribution in [1.29, 1.82) is 0 Å². The number of hydrogen-bond donors (Lipinski definition) is 2. The predicted molar refractivity (Wildman–Crippen MR) is 145 cm³/mol. The number of H-pyrrole nitrogens is 1. The molecule has 1 atom stereocenters. The molecule has 1 aromatic heterocycles. The van der Waals surface area contributed by atoms with E-state index in [0.717, 1.165) is 32.3 Å². The lowest BCUT2D eigenvalue weighted by Crippen LogP contribution is -2.31. The lowest BCUT2D eigenvalue weighted by atomic mass is 9.95. The summed E-state index contributed by atoms with van der Waals surface area (Å²) in [6.45, 7) is 0.282. The molecule has 4 aromatic rings. The maximum Gasteiger partial charge on any atom is 0.295 e. The maximum absolute atomic E-state index is 13.3. The van der Waals surface area contributed by atoms with Gasteiger partial charge in [0.15, 0.2) is 0 Å². The molecule has 1 aliphatic heterocycles. The second-order valence-electron chi connectivity index (χ2n) is 8.75. The van der Waals surface area contributed by atoms with Crippen LogP contribution in [0.2, 0.25) is 0 Å². The van der Waals surface area contributed by atoms with E-state index in [4.69, 9.17) is 9.47 Å². The van der Waals surface area contributed by atoms with Crippen molar-refractivity contribution in [2.24, 2.45) is 0 Å². The Bertz CT molecular complexity index is 1520. The Morgan fingerprint density at radius 1 is 1.00 bits per heavy atom. The van der Waals surface area contributed by atoms with Crippen LogP contribution < -0.4 is 9.47 Å². The number of Topliss-reactive ketones (excluding diaryl/α,β-unsaturated/α-hetero) is 1. The largest absolute Gasteiger partial charge is 0.507 e. The molecule has 1 fully saturated rings. The highest BCUT2D eigenvalue weighted by molar-refractivity contribution is 9.10. The zero-order valence-corrected chi connectivity index (χ0v) is 21.9. The molecule has 37 heavy (non-hydrogen) atoms. The minimum Gasteiger partial charge on any atom is -0.507 e. The van der Waals surface area contributed by atoms with Crippen LogP contribution in [0.1, 0.15) is 22.7 Å². The molecule has 1 saturated heterocycles. The van der Waals surface area contributed by atoms with Crippen LogP contribution in [0.5, 0.6) is 11.5 Å². The van der Waals surface area contributed by atoms with Gasteiger partial charge in [-0.2, -0.15) is 0 Å². The molecular weight excluding hydrogens is 536 g/mol. The standard InChI is InChI=1S/C29H25BrN2O5/c1-36-21-5-3-4-18(14-21)27(33)25-26(17-6-8-20(30)9-7-17)32(29(35)28(25)34)13-12-19-16-31-24-11-10-22(37-2)15-23(19)24/h3-11,14-16,26,31,33H,12-13H2,1-2H3/t26-/m1/s1. The molecule has 2 heterocycles. The highest BCUT2D eigenvalue weighted by atomic mass is 79.9. The smallest absolute Gasteiger partial charge is 0.295 e. The molecule has 0 bridgehead atoms. The van der Waals surface area contributed by atoms with Crippen molar-refractivity contribution in [3.8, 4) is 11.5 Å². The number of amides is 1. The van der Waals surface area contributed by atoms with Gasteiger partial charge in [0.25, 0.3) is 11.7 Å². The first-order valence-corrected chi connectivity index (χ1v) is 12.5. The van der Waals surface area contributed by atoms with Gasteiger partial charge in [0.2, 0.25) is 0 Å². The molecule has 0 aliphatic carbocycles. The molecule has 5 rings (SSSR count). The number of aliphatic hydroxyl groups is 1. The van der Waals surface area contributed by atoms with E-state index >= 15 is 0 Å². The number of halogens is 1. The Kier molecular flexibility index (Phi) is 6.76. The van der Waals surface area contributed by atoms with Crippen molar-refractivity contribution in [2.75, 3.05) is 20.8 Å². The molecule has 8 heteroatoms. The number of ketones is 1. The van der Waals surface area contributed by atoms with Crippen LogP contribution in [0.4, 0.5) is 0 Å². The average molecular weight is 561 g/mol. The van der Waals surface area contributed by atoms with Crippen molar-refractivity contribution in [3.05, 3.63) is 99.7 Å². The van der Waals surface area contributed by atoms with Gasteiger partial charge in [0.1, 0.15) is 17.3 Å². The molecular formula is C29H25BrN2O5. The Morgan fingerprint density at radius 3 is 2.46 bits per heavy atom. The lowest BCUT2D eigenvalue weighted by Gasteiger charge is -2.25. The minimum atomic E-state index is -0.737. The third-order valence-electron chi connectivity index (χ3n) is 6.67. The highest BCUT2D eigenvalue weighted by Crippen LogP contribution is 2.40. The van der Waals surface area contributed by atoms with E-state index in [1.54, 1.807) is 31.4 Å². The number of aliphatic hydroxyl groups excluding tert-OH is 1. The fourth-order valence-corrected chi connectivity index (χ4v) is 5.02. The van der Waals surface area contributed by atoms with E-state index in [9.17, 15) is 14.7 Å². The molecule has 0 unspecified atom stereocenters. The number of rotatable bonds is 7. The number of nitrogens with zero attached hydrogens (tertiary/aromatic N) is 1. The van der Waals surface area contributed by atoms with Crippen LogP contribution in [0.3, 0.4) is 0 Å². The van der Waals surface area contributed by atoms with Crippen molar-refractivity contribution >= 4 is 44.3 Å². The van der Waals surface area contributed by atoms with Gasteiger partial charge >= 0.3 is 0 Å². The van der Waals surface area contributed by atoms with Crippen molar-refractivity contribution in [2.45, 2.75) is 12.5 Å². The van der Waals surface area contributed by atoms with Crippen LogP contribution in [0.15, 0.2) is 83.0 Å². The van der Waals surface area contributed by atoms with Crippen LogP contribution in [-0.4, -0.2) is 47.4 Å². The third kappa shape index (κ3) is 4.60. The highest BCUT2D eigenvalue weighted by Gasteiger charge is 2.45. The summed E-state index contributed by atoms with van der Waals surface area (Å²) in [7, 11) is 3.15. The molecule has 0 saturated carbocycles. The second kappa shape index (κ2) is 10.1. The van der Waals surface area contributed by atoms with Gasteiger partial charge in [-0.3, -0.25) is 9.59 Å². The molecule has 0 radical (unpaired) electrons. The SMILES string of the molecule is COc1cccc(C(O)=C2C(=O)C(=O)N(CCc3c[nH]c4ccc(OC)cc34)[C@@H]2c2ccc(Br)cc2)c1. The molecule has 188 valence electrons.